The molecule has 164 valence electrons. The zero-order valence-corrected chi connectivity index (χ0v) is 17.4. The van der Waals surface area contributed by atoms with Crippen LogP contribution < -0.4 is 5.32 Å². The highest BCUT2D eigenvalue weighted by Crippen LogP contribution is 2.36. The van der Waals surface area contributed by atoms with Crippen LogP contribution in [0.15, 0.2) is 48.5 Å². The van der Waals surface area contributed by atoms with E-state index in [1.165, 1.54) is 24.7 Å². The van der Waals surface area contributed by atoms with E-state index in [-0.39, 0.29) is 30.6 Å². The van der Waals surface area contributed by atoms with E-state index in [0.29, 0.717) is 26.2 Å². The quantitative estimate of drug-likeness (QED) is 0.818. The number of morpholine rings is 1. The Morgan fingerprint density at radius 1 is 1.16 bits per heavy atom. The van der Waals surface area contributed by atoms with Gasteiger partial charge in [-0.15, -0.1) is 0 Å². The third-order valence-corrected chi connectivity index (χ3v) is 5.73. The Morgan fingerprint density at radius 2 is 1.94 bits per heavy atom. The van der Waals surface area contributed by atoms with Crippen molar-refractivity contribution in [3.63, 3.8) is 0 Å². The van der Waals surface area contributed by atoms with Gasteiger partial charge in [0.05, 0.1) is 19.2 Å². The highest BCUT2D eigenvalue weighted by molar-refractivity contribution is 5.76. The highest BCUT2D eigenvalue weighted by atomic mass is 19.1. The molecule has 2 aromatic carbocycles. The van der Waals surface area contributed by atoms with Crippen molar-refractivity contribution in [3.05, 3.63) is 71.0 Å². The van der Waals surface area contributed by atoms with Crippen LogP contribution in [0.3, 0.4) is 0 Å². The lowest BCUT2D eigenvalue weighted by Gasteiger charge is -2.42. The Kier molecular flexibility index (Phi) is 6.36. The van der Waals surface area contributed by atoms with Gasteiger partial charge >= 0.3 is 12.1 Å². The second kappa shape index (κ2) is 9.34. The fourth-order valence-electron chi connectivity index (χ4n) is 4.19. The molecule has 0 radical (unpaired) electrons. The minimum Gasteiger partial charge on any atom is -0.447 e. The van der Waals surface area contributed by atoms with Crippen LogP contribution in [0.1, 0.15) is 22.7 Å². The van der Waals surface area contributed by atoms with E-state index in [0.717, 1.165) is 17.5 Å². The van der Waals surface area contributed by atoms with Crippen LogP contribution in [-0.4, -0.2) is 67.9 Å². The van der Waals surface area contributed by atoms with Gasteiger partial charge in [0, 0.05) is 20.1 Å². The zero-order valence-electron chi connectivity index (χ0n) is 17.4. The minimum atomic E-state index is -0.531. The standard InChI is InChI=1S/C23H26FN3O4/c1-25-22(28)31-15-19-14-26(12-13-30-19)23(29)27-11-10-16-4-2-3-5-20(16)21(27)17-6-8-18(24)9-7-17/h2-9,19,21H,10-15H2,1H3,(H,25,28)/t19-,21-/m0/s1. The van der Waals surface area contributed by atoms with Crippen molar-refractivity contribution in [1.82, 2.24) is 15.1 Å². The summed E-state index contributed by atoms with van der Waals surface area (Å²) >= 11 is 0. The number of rotatable bonds is 3. The van der Waals surface area contributed by atoms with Crippen LogP contribution in [-0.2, 0) is 15.9 Å². The van der Waals surface area contributed by atoms with Gasteiger partial charge in [0.15, 0.2) is 0 Å². The van der Waals surface area contributed by atoms with Gasteiger partial charge in [-0.25, -0.2) is 14.0 Å². The smallest absolute Gasteiger partial charge is 0.406 e. The fourth-order valence-corrected chi connectivity index (χ4v) is 4.19. The number of carbonyl (C=O) groups excluding carboxylic acids is 2. The first kappa shape index (κ1) is 21.1. The average molecular weight is 427 g/mol. The molecule has 3 amide bonds. The van der Waals surface area contributed by atoms with Crippen LogP contribution in [0.4, 0.5) is 14.0 Å². The van der Waals surface area contributed by atoms with Crippen LogP contribution in [0.25, 0.3) is 0 Å². The van der Waals surface area contributed by atoms with Crippen molar-refractivity contribution in [3.8, 4) is 0 Å². The Hall–Kier alpha value is -3.13. The molecule has 7 nitrogen and oxygen atoms in total. The van der Waals surface area contributed by atoms with E-state index < -0.39 is 6.09 Å². The Balaban J connectivity index is 1.56. The number of ether oxygens (including phenoxy) is 2. The number of hydrogen-bond acceptors (Lipinski definition) is 4. The zero-order chi connectivity index (χ0) is 21.8. The van der Waals surface area contributed by atoms with Crippen LogP contribution >= 0.6 is 0 Å². The molecule has 0 aliphatic carbocycles. The molecule has 0 unspecified atom stereocenters. The molecule has 8 heteroatoms. The minimum absolute atomic E-state index is 0.0771. The second-order valence-corrected chi connectivity index (χ2v) is 7.67. The van der Waals surface area contributed by atoms with Gasteiger partial charge in [0.2, 0.25) is 0 Å². The van der Waals surface area contributed by atoms with E-state index >= 15 is 0 Å². The third-order valence-electron chi connectivity index (χ3n) is 5.73. The maximum Gasteiger partial charge on any atom is 0.406 e. The second-order valence-electron chi connectivity index (χ2n) is 7.67. The van der Waals surface area contributed by atoms with Crippen molar-refractivity contribution >= 4 is 12.1 Å². The Bertz CT molecular complexity index is 937. The summed E-state index contributed by atoms with van der Waals surface area (Å²) in [7, 11) is 1.49. The van der Waals surface area contributed by atoms with E-state index in [9.17, 15) is 14.0 Å². The first-order valence-corrected chi connectivity index (χ1v) is 10.4. The molecule has 2 heterocycles. The van der Waals surface area contributed by atoms with Crippen LogP contribution in [0.5, 0.6) is 0 Å². The molecular weight excluding hydrogens is 401 g/mol. The molecule has 2 atom stereocenters. The van der Waals surface area contributed by atoms with Gasteiger partial charge in [-0.1, -0.05) is 36.4 Å². The number of carbonyl (C=O) groups is 2. The Labute approximate surface area is 180 Å². The lowest BCUT2D eigenvalue weighted by atomic mass is 9.88. The first-order valence-electron chi connectivity index (χ1n) is 10.4. The van der Waals surface area contributed by atoms with Gasteiger partial charge in [0.1, 0.15) is 18.5 Å². The number of urea groups is 1. The number of hydrogen-bond donors (Lipinski definition) is 1. The number of amides is 3. The van der Waals surface area contributed by atoms with Gasteiger partial charge in [-0.05, 0) is 35.2 Å². The topological polar surface area (TPSA) is 71.1 Å². The molecule has 0 bridgehead atoms. The molecule has 2 aliphatic rings. The van der Waals surface area contributed by atoms with Crippen molar-refractivity contribution in [2.24, 2.45) is 0 Å². The van der Waals surface area contributed by atoms with Gasteiger partial charge in [-0.3, -0.25) is 0 Å². The maximum absolute atomic E-state index is 13.6. The molecule has 0 aromatic heterocycles. The van der Waals surface area contributed by atoms with Crippen molar-refractivity contribution in [1.29, 1.82) is 0 Å². The van der Waals surface area contributed by atoms with Crippen LogP contribution in [0, 0.1) is 5.82 Å². The molecule has 2 aliphatic heterocycles. The summed E-state index contributed by atoms with van der Waals surface area (Å²) in [6, 6.07) is 14.0. The van der Waals surface area contributed by atoms with Crippen molar-refractivity contribution in [2.75, 3.05) is 39.9 Å². The van der Waals surface area contributed by atoms with E-state index in [1.807, 2.05) is 23.1 Å². The molecule has 2 aromatic rings. The maximum atomic E-state index is 13.6. The monoisotopic (exact) mass is 427 g/mol. The first-order chi connectivity index (χ1) is 15.1. The molecule has 31 heavy (non-hydrogen) atoms. The van der Waals surface area contributed by atoms with E-state index in [4.69, 9.17) is 9.47 Å². The fraction of sp³-hybridized carbons (Fsp3) is 0.391. The number of nitrogens with one attached hydrogen (secondary N) is 1. The largest absolute Gasteiger partial charge is 0.447 e. The number of benzene rings is 2. The van der Waals surface area contributed by atoms with Crippen molar-refractivity contribution < 1.29 is 23.5 Å². The predicted molar refractivity (Wildman–Crippen MR) is 112 cm³/mol. The van der Waals surface area contributed by atoms with Gasteiger partial charge in [-0.2, -0.15) is 0 Å². The van der Waals surface area contributed by atoms with E-state index in [2.05, 4.69) is 11.4 Å². The van der Waals surface area contributed by atoms with Gasteiger partial charge in [0.25, 0.3) is 0 Å². The number of alkyl carbamates (subject to hydrolysis) is 1. The predicted octanol–water partition coefficient (Wildman–Crippen LogP) is 2.95. The number of fused-ring (bicyclic) bond motifs is 1. The lowest BCUT2D eigenvalue weighted by Crippen LogP contribution is -2.54. The molecule has 0 spiro atoms. The molecule has 4 rings (SSSR count). The highest BCUT2D eigenvalue weighted by Gasteiger charge is 2.36. The summed E-state index contributed by atoms with van der Waals surface area (Å²) in [5, 5.41) is 2.40. The molecule has 0 saturated carbocycles. The molecule has 1 saturated heterocycles. The summed E-state index contributed by atoms with van der Waals surface area (Å²) in [5.74, 6) is -0.308. The number of halogens is 1. The molecular formula is C23H26FN3O4. The summed E-state index contributed by atoms with van der Waals surface area (Å²) in [6.07, 6.45) is -0.153. The normalized spacial score (nSPS) is 20.7. The third kappa shape index (κ3) is 4.64. The molecule has 1 N–H and O–H groups in total. The van der Waals surface area contributed by atoms with Crippen molar-refractivity contribution in [2.45, 2.75) is 18.6 Å². The summed E-state index contributed by atoms with van der Waals surface area (Å²) < 4.78 is 24.3. The number of nitrogens with zero attached hydrogens (tertiary/aromatic N) is 2. The summed E-state index contributed by atoms with van der Waals surface area (Å²) in [6.45, 7) is 1.81. The Morgan fingerprint density at radius 3 is 2.71 bits per heavy atom. The summed E-state index contributed by atoms with van der Waals surface area (Å²) in [4.78, 5) is 28.5. The summed E-state index contributed by atoms with van der Waals surface area (Å²) in [5.41, 5.74) is 3.12. The SMILES string of the molecule is CNC(=O)OC[C@@H]1CN(C(=O)N2CCc3ccccc3[C@@H]2c2ccc(F)cc2)CCO1. The van der Waals surface area contributed by atoms with Gasteiger partial charge < -0.3 is 24.6 Å². The average Bonchev–Trinajstić information content (AvgIpc) is 2.82. The van der Waals surface area contributed by atoms with E-state index in [1.54, 1.807) is 17.0 Å². The molecule has 1 fully saturated rings. The lowest BCUT2D eigenvalue weighted by molar-refractivity contribution is -0.0476. The van der Waals surface area contributed by atoms with Crippen LogP contribution in [0.2, 0.25) is 0 Å².